The lowest BCUT2D eigenvalue weighted by Crippen LogP contribution is -2.59. The van der Waals surface area contributed by atoms with Crippen LogP contribution in [0, 0.1) is 19.3 Å². The van der Waals surface area contributed by atoms with Crippen molar-refractivity contribution in [2.45, 2.75) is 32.6 Å². The Balaban J connectivity index is 1.48. The van der Waals surface area contributed by atoms with Gasteiger partial charge in [0.25, 0.3) is 0 Å². The van der Waals surface area contributed by atoms with E-state index in [1.807, 2.05) is 24.1 Å². The smallest absolute Gasteiger partial charge is 0.112 e. The van der Waals surface area contributed by atoms with Crippen LogP contribution < -0.4 is 5.32 Å². The Morgan fingerprint density at radius 2 is 1.82 bits per heavy atom. The Morgan fingerprint density at radius 1 is 1.00 bits per heavy atom. The Labute approximate surface area is 198 Å². The first-order valence-electron chi connectivity index (χ1n) is 12.1. The van der Waals surface area contributed by atoms with Gasteiger partial charge in [0, 0.05) is 55.0 Å². The summed E-state index contributed by atoms with van der Waals surface area (Å²) in [6, 6.07) is 8.69. The third-order valence-corrected chi connectivity index (χ3v) is 8.38. The number of fused-ring (bicyclic) bond motifs is 2. The van der Waals surface area contributed by atoms with Gasteiger partial charge in [-0.25, -0.2) is 4.98 Å². The van der Waals surface area contributed by atoms with E-state index in [0.29, 0.717) is 11.3 Å². The summed E-state index contributed by atoms with van der Waals surface area (Å²) >= 11 is 0. The molecule has 2 fully saturated rings. The van der Waals surface area contributed by atoms with Gasteiger partial charge in [-0.3, -0.25) is 9.78 Å². The normalized spacial score (nSPS) is 17.5. The fourth-order valence-electron chi connectivity index (χ4n) is 6.35. The van der Waals surface area contributed by atoms with Crippen LogP contribution in [0.3, 0.4) is 0 Å². The van der Waals surface area contributed by atoms with Gasteiger partial charge < -0.3 is 9.88 Å². The molecule has 7 rings (SSSR count). The maximum atomic E-state index is 5.39. The van der Waals surface area contributed by atoms with E-state index in [1.165, 1.54) is 52.0 Å². The minimum atomic E-state index is 0.502. The quantitative estimate of drug-likeness (QED) is 0.420. The molecular weight excluding hydrogens is 422 g/mol. The fourth-order valence-corrected chi connectivity index (χ4v) is 6.35. The molecule has 5 aromatic rings. The number of aromatic nitrogens is 6. The van der Waals surface area contributed by atoms with Gasteiger partial charge in [0.05, 0.1) is 34.8 Å². The van der Waals surface area contributed by atoms with E-state index in [4.69, 9.17) is 4.98 Å². The molecule has 1 saturated carbocycles. The molecule has 0 bridgehead atoms. The fraction of sp³-hybridized carbons (Fsp3) is 0.370. The van der Waals surface area contributed by atoms with Crippen molar-refractivity contribution in [2.75, 3.05) is 13.1 Å². The van der Waals surface area contributed by atoms with Crippen molar-refractivity contribution in [1.82, 2.24) is 34.8 Å². The number of aryl methyl sites for hydroxylation is 3. The van der Waals surface area contributed by atoms with E-state index in [-0.39, 0.29) is 0 Å². The van der Waals surface area contributed by atoms with Crippen molar-refractivity contribution >= 4 is 21.8 Å². The number of hydrogen-bond donors (Lipinski definition) is 2. The Bertz CT molecular complexity index is 1590. The number of aromatic amines is 1. The molecule has 7 nitrogen and oxygen atoms in total. The molecule has 7 heteroatoms. The lowest BCUT2D eigenvalue weighted by atomic mass is 9.58. The molecular formula is C27H29N7. The summed E-state index contributed by atoms with van der Waals surface area (Å²) in [6.07, 6.45) is 6.36. The van der Waals surface area contributed by atoms with E-state index in [9.17, 15) is 0 Å². The average molecular weight is 452 g/mol. The highest BCUT2D eigenvalue weighted by Crippen LogP contribution is 2.54. The Morgan fingerprint density at radius 3 is 2.59 bits per heavy atom. The lowest BCUT2D eigenvalue weighted by molar-refractivity contribution is 0.0321. The maximum absolute atomic E-state index is 5.39. The van der Waals surface area contributed by atoms with Crippen LogP contribution in [0.1, 0.15) is 35.7 Å². The zero-order valence-electron chi connectivity index (χ0n) is 20.1. The van der Waals surface area contributed by atoms with Crippen LogP contribution in [0.4, 0.5) is 0 Å². The van der Waals surface area contributed by atoms with Crippen LogP contribution in [-0.4, -0.2) is 42.6 Å². The van der Waals surface area contributed by atoms with E-state index in [2.05, 4.69) is 70.3 Å². The van der Waals surface area contributed by atoms with Crippen LogP contribution in [-0.2, 0) is 14.1 Å². The summed E-state index contributed by atoms with van der Waals surface area (Å²) in [5, 5.41) is 17.8. The zero-order valence-corrected chi connectivity index (χ0v) is 20.1. The van der Waals surface area contributed by atoms with Gasteiger partial charge in [-0.05, 0) is 55.4 Å². The van der Waals surface area contributed by atoms with Crippen molar-refractivity contribution in [2.24, 2.45) is 19.5 Å². The highest BCUT2D eigenvalue weighted by atomic mass is 15.2. The summed E-state index contributed by atoms with van der Waals surface area (Å²) in [6.45, 7) is 6.69. The predicted molar refractivity (Wildman–Crippen MR) is 135 cm³/mol. The van der Waals surface area contributed by atoms with Gasteiger partial charge in [-0.1, -0.05) is 12.1 Å². The van der Waals surface area contributed by atoms with E-state index >= 15 is 0 Å². The Hall–Kier alpha value is -3.45. The summed E-state index contributed by atoms with van der Waals surface area (Å²) in [5.74, 6) is 1.71. The molecule has 4 heterocycles. The monoisotopic (exact) mass is 451 g/mol. The first-order chi connectivity index (χ1) is 16.5. The van der Waals surface area contributed by atoms with Crippen LogP contribution >= 0.6 is 0 Å². The molecule has 1 aliphatic carbocycles. The minimum Gasteiger partial charge on any atom is -0.330 e. The predicted octanol–water partition coefficient (Wildman–Crippen LogP) is 4.60. The van der Waals surface area contributed by atoms with Crippen LogP contribution in [0.25, 0.3) is 44.3 Å². The second-order valence-corrected chi connectivity index (χ2v) is 10.5. The van der Waals surface area contributed by atoms with Crippen molar-refractivity contribution in [3.05, 3.63) is 53.6 Å². The summed E-state index contributed by atoms with van der Waals surface area (Å²) < 4.78 is 4.30. The third-order valence-electron chi connectivity index (χ3n) is 8.38. The topological polar surface area (TPSA) is 76.3 Å². The van der Waals surface area contributed by atoms with Gasteiger partial charge >= 0.3 is 0 Å². The zero-order chi connectivity index (χ0) is 23.2. The molecule has 1 aliphatic heterocycles. The van der Waals surface area contributed by atoms with Gasteiger partial charge in [0.2, 0.25) is 0 Å². The highest BCUT2D eigenvalue weighted by Gasteiger charge is 2.50. The SMILES string of the molecule is Cc1ccc2[nH]ncc2c1-c1c(-c2ccc3c(cnn3C)c2C)nc(C2CC3(CNC3)C2)n1C. The molecule has 1 saturated heterocycles. The van der Waals surface area contributed by atoms with E-state index < -0.39 is 0 Å². The largest absolute Gasteiger partial charge is 0.330 e. The van der Waals surface area contributed by atoms with Gasteiger partial charge in [0.1, 0.15) is 5.82 Å². The summed E-state index contributed by atoms with van der Waals surface area (Å²) in [4.78, 5) is 5.39. The molecule has 0 atom stereocenters. The maximum Gasteiger partial charge on any atom is 0.112 e. The number of H-pyrrole nitrogens is 1. The van der Waals surface area contributed by atoms with Gasteiger partial charge in [-0.15, -0.1) is 0 Å². The Kier molecular flexibility index (Phi) is 3.99. The van der Waals surface area contributed by atoms with Crippen molar-refractivity contribution < 1.29 is 0 Å². The number of nitrogens with one attached hydrogen (secondary N) is 2. The molecule has 0 unspecified atom stereocenters. The molecule has 34 heavy (non-hydrogen) atoms. The van der Waals surface area contributed by atoms with Crippen LogP contribution in [0.5, 0.6) is 0 Å². The molecule has 172 valence electrons. The number of benzene rings is 2. The molecule has 2 aliphatic rings. The van der Waals surface area contributed by atoms with Gasteiger partial charge in [0.15, 0.2) is 0 Å². The summed E-state index contributed by atoms with van der Waals surface area (Å²) in [7, 11) is 4.19. The molecule has 3 aromatic heterocycles. The van der Waals surface area contributed by atoms with Crippen LogP contribution in [0.2, 0.25) is 0 Å². The first kappa shape index (κ1) is 20.0. The average Bonchev–Trinajstić information content (AvgIpc) is 3.46. The number of hydrogen-bond acceptors (Lipinski definition) is 4. The third kappa shape index (κ3) is 2.59. The van der Waals surface area contributed by atoms with Crippen molar-refractivity contribution in [3.63, 3.8) is 0 Å². The van der Waals surface area contributed by atoms with E-state index in [0.717, 1.165) is 35.2 Å². The first-order valence-corrected chi connectivity index (χ1v) is 12.1. The van der Waals surface area contributed by atoms with Crippen molar-refractivity contribution in [3.8, 4) is 22.5 Å². The molecule has 1 spiro atoms. The minimum absolute atomic E-state index is 0.502. The van der Waals surface area contributed by atoms with Gasteiger partial charge in [-0.2, -0.15) is 10.2 Å². The second-order valence-electron chi connectivity index (χ2n) is 10.5. The molecule has 2 N–H and O–H groups in total. The summed E-state index contributed by atoms with van der Waals surface area (Å²) in [5.41, 5.74) is 9.79. The molecule has 0 radical (unpaired) electrons. The van der Waals surface area contributed by atoms with Crippen LogP contribution in [0.15, 0.2) is 36.7 Å². The molecule has 0 amide bonds. The second kappa shape index (κ2) is 6.79. The standard InChI is InChI=1S/C27H29N7/c1-15-5-7-21-20(11-29-32-21)23(15)25-24(18-6-8-22-19(16(18)2)12-30-34(22)4)31-26(33(25)3)17-9-27(10-17)13-28-14-27/h5-8,11-12,17,28H,9-10,13-14H2,1-4H3,(H,29,32). The number of imidazole rings is 1. The van der Waals surface area contributed by atoms with Crippen molar-refractivity contribution in [1.29, 1.82) is 0 Å². The lowest BCUT2D eigenvalue weighted by Gasteiger charge is -2.54. The molecule has 2 aromatic carbocycles. The number of nitrogens with zero attached hydrogens (tertiary/aromatic N) is 5. The highest BCUT2D eigenvalue weighted by molar-refractivity contribution is 6.00. The van der Waals surface area contributed by atoms with E-state index in [1.54, 1.807) is 0 Å². The number of rotatable bonds is 3.